The Hall–Kier alpha value is -0.310. The van der Waals surface area contributed by atoms with E-state index in [2.05, 4.69) is 6.58 Å². The summed E-state index contributed by atoms with van der Waals surface area (Å²) in [5, 5.41) is 2.67. The fourth-order valence-corrected chi connectivity index (χ4v) is 2.02. The van der Waals surface area contributed by atoms with Crippen LogP contribution in [0.3, 0.4) is 0 Å². The zero-order chi connectivity index (χ0) is 8.43. The zero-order valence-electron chi connectivity index (χ0n) is 6.30. The van der Waals surface area contributed by atoms with Gasteiger partial charge in [-0.25, -0.2) is 0 Å². The van der Waals surface area contributed by atoms with E-state index in [1.54, 1.807) is 11.3 Å². The average molecular weight is 188 g/mol. The molecule has 0 spiro atoms. The Bertz CT molecular complexity index is 267. The van der Waals surface area contributed by atoms with Gasteiger partial charge in [0.2, 0.25) is 0 Å². The minimum absolute atomic E-state index is 0.109. The number of nitrogens with two attached hydrogens (primary N) is 1. The lowest BCUT2D eigenvalue weighted by atomic mass is 10.1. The molecule has 0 saturated heterocycles. The fourth-order valence-electron chi connectivity index (χ4n) is 0.751. The fraction of sp³-hybridized carbons (Fsp3) is 0.250. The highest BCUT2D eigenvalue weighted by Gasteiger charge is 2.11. The largest absolute Gasteiger partial charge is 0.320 e. The lowest BCUT2D eigenvalue weighted by Gasteiger charge is -2.08. The Morgan fingerprint density at radius 2 is 2.45 bits per heavy atom. The van der Waals surface area contributed by atoms with Crippen molar-refractivity contribution in [3.05, 3.63) is 33.5 Å². The van der Waals surface area contributed by atoms with Crippen LogP contribution in [0, 0.1) is 0 Å². The molecule has 0 amide bonds. The van der Waals surface area contributed by atoms with Crippen molar-refractivity contribution in [3.63, 3.8) is 0 Å². The van der Waals surface area contributed by atoms with Crippen LogP contribution in [-0.4, -0.2) is 0 Å². The molecule has 0 radical (unpaired) electrons. The number of thiophene rings is 1. The van der Waals surface area contributed by atoms with Gasteiger partial charge >= 0.3 is 0 Å². The quantitative estimate of drug-likeness (QED) is 0.708. The smallest absolute Gasteiger partial charge is 0.0615 e. The molecular weight excluding hydrogens is 178 g/mol. The Morgan fingerprint density at radius 3 is 2.82 bits per heavy atom. The van der Waals surface area contributed by atoms with E-state index in [1.165, 1.54) is 0 Å². The molecule has 0 aromatic carbocycles. The lowest BCUT2D eigenvalue weighted by molar-refractivity contribution is 0.871. The maximum atomic E-state index is 5.87. The van der Waals surface area contributed by atoms with Crippen molar-refractivity contribution < 1.29 is 0 Å². The van der Waals surface area contributed by atoms with Gasteiger partial charge in [0.1, 0.15) is 0 Å². The molecule has 2 N–H and O–H groups in total. The molecule has 1 aromatic heterocycles. The molecule has 0 bridgehead atoms. The van der Waals surface area contributed by atoms with Gasteiger partial charge in [0.25, 0.3) is 0 Å². The molecule has 3 heteroatoms. The highest BCUT2D eigenvalue weighted by atomic mass is 35.5. The molecule has 1 unspecified atom stereocenters. The topological polar surface area (TPSA) is 26.0 Å². The Morgan fingerprint density at radius 1 is 1.82 bits per heavy atom. The van der Waals surface area contributed by atoms with Crippen LogP contribution in [-0.2, 0) is 0 Å². The van der Waals surface area contributed by atoms with Gasteiger partial charge in [-0.1, -0.05) is 23.8 Å². The Kier molecular flexibility index (Phi) is 2.71. The van der Waals surface area contributed by atoms with Crippen LogP contribution in [0.4, 0.5) is 0 Å². The first kappa shape index (κ1) is 8.78. The minimum Gasteiger partial charge on any atom is -0.320 e. The van der Waals surface area contributed by atoms with Crippen molar-refractivity contribution in [1.82, 2.24) is 0 Å². The molecule has 0 saturated carbocycles. The normalized spacial score (nSPS) is 13.0. The summed E-state index contributed by atoms with van der Waals surface area (Å²) in [5.41, 5.74) is 6.75. The summed E-state index contributed by atoms with van der Waals surface area (Å²) < 4.78 is 0. The van der Waals surface area contributed by atoms with E-state index < -0.39 is 0 Å². The molecule has 0 aliphatic heterocycles. The second-order valence-corrected chi connectivity index (χ2v) is 3.81. The second-order valence-electron chi connectivity index (χ2n) is 2.46. The predicted molar refractivity (Wildman–Crippen MR) is 51.1 cm³/mol. The van der Waals surface area contributed by atoms with Gasteiger partial charge in [-0.3, -0.25) is 0 Å². The van der Waals surface area contributed by atoms with Crippen LogP contribution in [0.5, 0.6) is 0 Å². The molecule has 1 atom stereocenters. The van der Waals surface area contributed by atoms with E-state index in [-0.39, 0.29) is 6.04 Å². The summed E-state index contributed by atoms with van der Waals surface area (Å²) in [6.07, 6.45) is 0. The van der Waals surface area contributed by atoms with Crippen LogP contribution in [0.2, 0.25) is 5.02 Å². The number of rotatable bonds is 2. The summed E-state index contributed by atoms with van der Waals surface area (Å²) in [6, 6.07) is 1.74. The summed E-state index contributed by atoms with van der Waals surface area (Å²) in [4.78, 5) is 0.999. The standard InChI is InChI=1S/C8H10ClNS/c1-5(2)7(10)8-6(9)3-4-11-8/h3-4,7H,1,10H2,2H3. The monoisotopic (exact) mass is 187 g/mol. The van der Waals surface area contributed by atoms with E-state index in [0.29, 0.717) is 0 Å². The SMILES string of the molecule is C=C(C)C(N)c1sccc1Cl. The highest BCUT2D eigenvalue weighted by molar-refractivity contribution is 7.10. The third-order valence-corrected chi connectivity index (χ3v) is 2.90. The molecule has 1 aromatic rings. The first-order chi connectivity index (χ1) is 5.13. The third-order valence-electron chi connectivity index (χ3n) is 1.46. The zero-order valence-corrected chi connectivity index (χ0v) is 7.88. The van der Waals surface area contributed by atoms with Crippen LogP contribution in [0.25, 0.3) is 0 Å². The van der Waals surface area contributed by atoms with E-state index in [0.717, 1.165) is 15.5 Å². The first-order valence-corrected chi connectivity index (χ1v) is 4.52. The average Bonchev–Trinajstić information content (AvgIpc) is 2.33. The van der Waals surface area contributed by atoms with E-state index in [1.807, 2.05) is 18.4 Å². The van der Waals surface area contributed by atoms with Crippen LogP contribution in [0.1, 0.15) is 17.8 Å². The summed E-state index contributed by atoms with van der Waals surface area (Å²) in [5.74, 6) is 0. The van der Waals surface area contributed by atoms with Gasteiger partial charge in [0, 0.05) is 4.88 Å². The van der Waals surface area contributed by atoms with Crippen molar-refractivity contribution in [2.45, 2.75) is 13.0 Å². The van der Waals surface area contributed by atoms with Crippen molar-refractivity contribution in [2.75, 3.05) is 0 Å². The van der Waals surface area contributed by atoms with E-state index in [4.69, 9.17) is 17.3 Å². The van der Waals surface area contributed by atoms with Gasteiger partial charge in [-0.05, 0) is 18.4 Å². The highest BCUT2D eigenvalue weighted by Crippen LogP contribution is 2.30. The molecule has 11 heavy (non-hydrogen) atoms. The molecular formula is C8H10ClNS. The molecule has 0 fully saturated rings. The Balaban J connectivity index is 2.92. The van der Waals surface area contributed by atoms with Crippen molar-refractivity contribution >= 4 is 22.9 Å². The predicted octanol–water partition coefficient (Wildman–Crippen LogP) is 2.98. The van der Waals surface area contributed by atoms with Gasteiger partial charge in [-0.15, -0.1) is 11.3 Å². The number of halogens is 1. The molecule has 0 aliphatic carbocycles. The van der Waals surface area contributed by atoms with E-state index >= 15 is 0 Å². The van der Waals surface area contributed by atoms with E-state index in [9.17, 15) is 0 Å². The number of hydrogen-bond acceptors (Lipinski definition) is 2. The Labute approximate surface area is 75.5 Å². The third kappa shape index (κ3) is 1.83. The van der Waals surface area contributed by atoms with Gasteiger partial charge in [0.15, 0.2) is 0 Å². The van der Waals surface area contributed by atoms with Gasteiger partial charge in [0.05, 0.1) is 11.1 Å². The van der Waals surface area contributed by atoms with Crippen molar-refractivity contribution in [2.24, 2.45) is 5.73 Å². The van der Waals surface area contributed by atoms with Crippen molar-refractivity contribution in [1.29, 1.82) is 0 Å². The van der Waals surface area contributed by atoms with Crippen LogP contribution < -0.4 is 5.73 Å². The minimum atomic E-state index is -0.109. The maximum Gasteiger partial charge on any atom is 0.0615 e. The molecule has 1 nitrogen and oxygen atoms in total. The second kappa shape index (κ2) is 3.39. The number of hydrogen-bond donors (Lipinski definition) is 1. The van der Waals surface area contributed by atoms with Gasteiger partial charge in [-0.2, -0.15) is 0 Å². The van der Waals surface area contributed by atoms with Crippen LogP contribution >= 0.6 is 22.9 Å². The summed E-state index contributed by atoms with van der Waals surface area (Å²) >= 11 is 7.44. The lowest BCUT2D eigenvalue weighted by Crippen LogP contribution is -2.09. The van der Waals surface area contributed by atoms with Gasteiger partial charge < -0.3 is 5.73 Å². The van der Waals surface area contributed by atoms with Crippen LogP contribution in [0.15, 0.2) is 23.6 Å². The molecule has 1 rings (SSSR count). The molecule has 1 heterocycles. The molecule has 60 valence electrons. The summed E-state index contributed by atoms with van der Waals surface area (Å²) in [7, 11) is 0. The van der Waals surface area contributed by atoms with Crippen molar-refractivity contribution in [3.8, 4) is 0 Å². The first-order valence-electron chi connectivity index (χ1n) is 3.27. The molecule has 0 aliphatic rings. The summed E-state index contributed by atoms with van der Waals surface area (Å²) in [6.45, 7) is 5.68. The maximum absolute atomic E-state index is 5.87.